The van der Waals surface area contributed by atoms with Crippen LogP contribution in [0.3, 0.4) is 0 Å². The summed E-state index contributed by atoms with van der Waals surface area (Å²) >= 11 is 0. The van der Waals surface area contributed by atoms with Crippen LogP contribution in [0.5, 0.6) is 5.75 Å². The normalized spacial score (nSPS) is 11.0. The molecule has 2 heterocycles. The lowest BCUT2D eigenvalue weighted by molar-refractivity contribution is -0.0493. The van der Waals surface area contributed by atoms with Crippen LogP contribution in [0.4, 0.5) is 14.5 Å². The Morgan fingerprint density at radius 1 is 1.23 bits per heavy atom. The first-order valence-electron chi connectivity index (χ1n) is 8.00. The van der Waals surface area contributed by atoms with Gasteiger partial charge in [-0.05, 0) is 44.2 Å². The number of amides is 1. The molecule has 0 aliphatic heterocycles. The molecule has 1 aromatic carbocycles. The van der Waals surface area contributed by atoms with Gasteiger partial charge in [-0.2, -0.15) is 8.78 Å². The fraction of sp³-hybridized carbons (Fsp3) is 0.211. The molecule has 0 bridgehead atoms. The van der Waals surface area contributed by atoms with E-state index < -0.39 is 12.5 Å². The first-order chi connectivity index (χ1) is 12.5. The minimum absolute atomic E-state index is 0.0831. The number of alkyl halides is 2. The average molecular weight is 360 g/mol. The number of anilines is 1. The van der Waals surface area contributed by atoms with Crippen molar-refractivity contribution in [3.05, 3.63) is 71.4 Å². The molecule has 0 atom stereocenters. The summed E-state index contributed by atoms with van der Waals surface area (Å²) in [6, 6.07) is 11.5. The van der Waals surface area contributed by atoms with E-state index in [1.54, 1.807) is 30.5 Å². The van der Waals surface area contributed by atoms with Crippen molar-refractivity contribution in [1.82, 2.24) is 4.57 Å². The number of carbonyl (C=O) groups is 1. The maximum absolute atomic E-state index is 12.6. The molecule has 0 aliphatic rings. The van der Waals surface area contributed by atoms with Gasteiger partial charge in [-0.1, -0.05) is 12.1 Å². The van der Waals surface area contributed by atoms with Crippen molar-refractivity contribution in [2.24, 2.45) is 0 Å². The summed E-state index contributed by atoms with van der Waals surface area (Å²) in [6.07, 6.45) is 1.59. The summed E-state index contributed by atoms with van der Waals surface area (Å²) in [7, 11) is 0. The minimum atomic E-state index is -2.97. The Hall–Kier alpha value is -3.09. The van der Waals surface area contributed by atoms with E-state index in [9.17, 15) is 13.6 Å². The summed E-state index contributed by atoms with van der Waals surface area (Å²) in [6.45, 7) is 1.25. The maximum atomic E-state index is 12.6. The van der Waals surface area contributed by atoms with Crippen LogP contribution in [0.15, 0.2) is 53.1 Å². The Balaban J connectivity index is 1.83. The van der Waals surface area contributed by atoms with Crippen molar-refractivity contribution in [3.63, 3.8) is 0 Å². The SMILES string of the molecule is Cc1cc(C(=O)Nc2ccccc2OC(F)F)c(C)n1Cc1ccco1. The highest BCUT2D eigenvalue weighted by Crippen LogP contribution is 2.27. The number of benzene rings is 1. The van der Waals surface area contributed by atoms with E-state index in [1.165, 1.54) is 12.1 Å². The van der Waals surface area contributed by atoms with Crippen molar-refractivity contribution in [1.29, 1.82) is 0 Å². The Bertz CT molecular complexity index is 902. The number of nitrogens with zero attached hydrogens (tertiary/aromatic N) is 1. The molecule has 0 saturated heterocycles. The predicted octanol–water partition coefficient (Wildman–Crippen LogP) is 4.60. The smallest absolute Gasteiger partial charge is 0.387 e. The van der Waals surface area contributed by atoms with Crippen LogP contribution in [0, 0.1) is 13.8 Å². The zero-order chi connectivity index (χ0) is 18.7. The molecule has 0 aliphatic carbocycles. The largest absolute Gasteiger partial charge is 0.467 e. The lowest BCUT2D eigenvalue weighted by Crippen LogP contribution is -2.15. The van der Waals surface area contributed by atoms with E-state index in [2.05, 4.69) is 10.1 Å². The molecule has 0 saturated carbocycles. The van der Waals surface area contributed by atoms with Crippen molar-refractivity contribution in [2.75, 3.05) is 5.32 Å². The number of carbonyl (C=O) groups excluding carboxylic acids is 1. The van der Waals surface area contributed by atoms with Crippen molar-refractivity contribution < 1.29 is 22.7 Å². The van der Waals surface area contributed by atoms with E-state index in [4.69, 9.17) is 4.42 Å². The number of hydrogen-bond donors (Lipinski definition) is 1. The van der Waals surface area contributed by atoms with Crippen molar-refractivity contribution in [3.8, 4) is 5.75 Å². The number of rotatable bonds is 6. The molecular weight excluding hydrogens is 342 g/mol. The standard InChI is InChI=1S/C19H18F2N2O3/c1-12-10-15(13(2)23(12)11-14-6-5-9-25-14)18(24)22-16-7-3-4-8-17(16)26-19(20)21/h3-10,19H,11H2,1-2H3,(H,22,24). The van der Waals surface area contributed by atoms with E-state index in [0.29, 0.717) is 12.1 Å². The second-order valence-corrected chi connectivity index (χ2v) is 5.78. The molecule has 0 unspecified atom stereocenters. The number of halogens is 2. The first kappa shape index (κ1) is 17.7. The molecule has 136 valence electrons. The van der Waals surface area contributed by atoms with Gasteiger partial charge in [0.15, 0.2) is 0 Å². The van der Waals surface area contributed by atoms with Gasteiger partial charge >= 0.3 is 6.61 Å². The quantitative estimate of drug-likeness (QED) is 0.699. The second-order valence-electron chi connectivity index (χ2n) is 5.78. The summed E-state index contributed by atoms with van der Waals surface area (Å²) < 4.78 is 36.8. The van der Waals surface area contributed by atoms with Crippen LogP contribution in [-0.2, 0) is 6.54 Å². The molecule has 3 aromatic rings. The molecule has 0 spiro atoms. The minimum Gasteiger partial charge on any atom is -0.467 e. The first-order valence-corrected chi connectivity index (χ1v) is 8.00. The van der Waals surface area contributed by atoms with Crippen LogP contribution in [0.25, 0.3) is 0 Å². The van der Waals surface area contributed by atoms with Gasteiger partial charge in [-0.15, -0.1) is 0 Å². The van der Waals surface area contributed by atoms with E-state index in [0.717, 1.165) is 17.1 Å². The zero-order valence-corrected chi connectivity index (χ0v) is 14.3. The molecular formula is C19H18F2N2O3. The summed E-state index contributed by atoms with van der Waals surface area (Å²) in [5, 5.41) is 2.64. The number of aromatic nitrogens is 1. The highest BCUT2D eigenvalue weighted by molar-refractivity contribution is 6.06. The third-order valence-corrected chi connectivity index (χ3v) is 4.06. The van der Waals surface area contributed by atoms with E-state index in [1.807, 2.05) is 24.5 Å². The number of para-hydroxylation sites is 2. The van der Waals surface area contributed by atoms with Crippen LogP contribution in [-0.4, -0.2) is 17.1 Å². The number of nitrogens with one attached hydrogen (secondary N) is 1. The van der Waals surface area contributed by atoms with Gasteiger partial charge in [-0.25, -0.2) is 0 Å². The Morgan fingerprint density at radius 2 is 2.00 bits per heavy atom. The van der Waals surface area contributed by atoms with Crippen molar-refractivity contribution in [2.45, 2.75) is 27.0 Å². The average Bonchev–Trinajstić information content (AvgIpc) is 3.20. The molecule has 1 amide bonds. The number of ether oxygens (including phenoxy) is 1. The summed E-state index contributed by atoms with van der Waals surface area (Å²) in [5.41, 5.74) is 2.29. The number of hydrogen-bond acceptors (Lipinski definition) is 3. The van der Waals surface area contributed by atoms with E-state index in [-0.39, 0.29) is 11.4 Å². The van der Waals surface area contributed by atoms with Crippen molar-refractivity contribution >= 4 is 11.6 Å². The number of furan rings is 1. The van der Waals surface area contributed by atoms with Gasteiger partial charge in [0.1, 0.15) is 11.5 Å². The van der Waals surface area contributed by atoms with Gasteiger partial charge in [0.25, 0.3) is 5.91 Å². The lowest BCUT2D eigenvalue weighted by Gasteiger charge is -2.12. The molecule has 1 N–H and O–H groups in total. The van der Waals surface area contributed by atoms with Gasteiger partial charge in [0.05, 0.1) is 24.1 Å². The molecule has 5 nitrogen and oxygen atoms in total. The van der Waals surface area contributed by atoms with Gasteiger partial charge in [0, 0.05) is 11.4 Å². The molecule has 7 heteroatoms. The molecule has 2 aromatic heterocycles. The van der Waals surface area contributed by atoms with Crippen LogP contribution < -0.4 is 10.1 Å². The third-order valence-electron chi connectivity index (χ3n) is 4.06. The van der Waals surface area contributed by atoms with Gasteiger partial charge < -0.3 is 19.0 Å². The molecule has 26 heavy (non-hydrogen) atoms. The number of aryl methyl sites for hydroxylation is 1. The predicted molar refractivity (Wildman–Crippen MR) is 92.7 cm³/mol. The Kier molecular flexibility index (Phi) is 5.06. The lowest BCUT2D eigenvalue weighted by atomic mass is 10.2. The molecule has 0 fully saturated rings. The monoisotopic (exact) mass is 360 g/mol. The van der Waals surface area contributed by atoms with Gasteiger partial charge in [-0.3, -0.25) is 4.79 Å². The highest BCUT2D eigenvalue weighted by atomic mass is 19.3. The van der Waals surface area contributed by atoms with Gasteiger partial charge in [0.2, 0.25) is 0 Å². The second kappa shape index (κ2) is 7.43. The topological polar surface area (TPSA) is 56.4 Å². The van der Waals surface area contributed by atoms with Crippen LogP contribution in [0.1, 0.15) is 27.5 Å². The third kappa shape index (κ3) is 3.77. The highest BCUT2D eigenvalue weighted by Gasteiger charge is 2.18. The molecule has 3 rings (SSSR count). The van der Waals surface area contributed by atoms with Crippen LogP contribution >= 0.6 is 0 Å². The van der Waals surface area contributed by atoms with E-state index >= 15 is 0 Å². The fourth-order valence-corrected chi connectivity index (χ4v) is 2.79. The fourth-order valence-electron chi connectivity index (χ4n) is 2.79. The molecule has 0 radical (unpaired) electrons. The zero-order valence-electron chi connectivity index (χ0n) is 14.3. The Morgan fingerprint density at radius 3 is 2.69 bits per heavy atom. The van der Waals surface area contributed by atoms with Crippen LogP contribution in [0.2, 0.25) is 0 Å². The Labute approximate surface area is 149 Å². The summed E-state index contributed by atoms with van der Waals surface area (Å²) in [5.74, 6) is 0.295. The maximum Gasteiger partial charge on any atom is 0.387 e. The summed E-state index contributed by atoms with van der Waals surface area (Å²) in [4.78, 5) is 12.6.